The monoisotopic (exact) mass is 309 g/mol. The van der Waals surface area contributed by atoms with E-state index in [1.54, 1.807) is 6.20 Å². The molecule has 1 aliphatic carbocycles. The number of nitrogens with zero attached hydrogens (tertiary/aromatic N) is 3. The quantitative estimate of drug-likeness (QED) is 0.807. The van der Waals surface area contributed by atoms with Crippen LogP contribution in [-0.2, 0) is 0 Å². The van der Waals surface area contributed by atoms with E-state index >= 15 is 0 Å². The third kappa shape index (κ3) is 2.78. The van der Waals surface area contributed by atoms with Crippen molar-refractivity contribution < 1.29 is 4.74 Å². The fourth-order valence-corrected chi connectivity index (χ4v) is 3.72. The van der Waals surface area contributed by atoms with Crippen LogP contribution in [0.25, 0.3) is 0 Å². The summed E-state index contributed by atoms with van der Waals surface area (Å²) < 4.78 is 8.62. The lowest BCUT2D eigenvalue weighted by Gasteiger charge is -2.26. The Hall–Kier alpha value is -2.10. The summed E-state index contributed by atoms with van der Waals surface area (Å²) in [4.78, 5) is 9.00. The number of hydrogen-bond acceptors (Lipinski definition) is 3. The molecular formula is C19H23N3O. The number of rotatable bonds is 3. The zero-order chi connectivity index (χ0) is 15.6. The van der Waals surface area contributed by atoms with E-state index in [1.165, 1.54) is 37.7 Å². The smallest absolute Gasteiger partial charge is 0.141 e. The maximum absolute atomic E-state index is 6.25. The van der Waals surface area contributed by atoms with Crippen LogP contribution in [0.4, 0.5) is 5.82 Å². The van der Waals surface area contributed by atoms with Gasteiger partial charge in [-0.2, -0.15) is 0 Å². The highest BCUT2D eigenvalue weighted by molar-refractivity contribution is 5.68. The molecule has 1 fully saturated rings. The van der Waals surface area contributed by atoms with Crippen molar-refractivity contribution in [3.63, 3.8) is 0 Å². The van der Waals surface area contributed by atoms with Crippen LogP contribution in [0.1, 0.15) is 61.9 Å². The molecule has 4 rings (SSSR count). The van der Waals surface area contributed by atoms with E-state index in [0.29, 0.717) is 6.04 Å². The van der Waals surface area contributed by atoms with Gasteiger partial charge >= 0.3 is 0 Å². The Morgan fingerprint density at radius 3 is 2.87 bits per heavy atom. The molecule has 0 saturated heterocycles. The topological polar surface area (TPSA) is 39.4 Å². The van der Waals surface area contributed by atoms with Gasteiger partial charge in [0.25, 0.3) is 0 Å². The molecule has 3 heterocycles. The summed E-state index contributed by atoms with van der Waals surface area (Å²) in [6.45, 7) is 1.99. The Balaban J connectivity index is 1.61. The Morgan fingerprint density at radius 1 is 1.17 bits per heavy atom. The molecule has 0 N–H and O–H groups in total. The van der Waals surface area contributed by atoms with Crippen molar-refractivity contribution in [2.75, 3.05) is 0 Å². The van der Waals surface area contributed by atoms with Gasteiger partial charge in [0.1, 0.15) is 17.7 Å². The van der Waals surface area contributed by atoms with Gasteiger partial charge in [-0.05, 0) is 38.0 Å². The molecule has 1 aliphatic heterocycles. The minimum absolute atomic E-state index is 0.0373. The van der Waals surface area contributed by atoms with Crippen molar-refractivity contribution in [2.45, 2.75) is 57.6 Å². The first-order chi connectivity index (χ1) is 11.3. The molecule has 1 saturated carbocycles. The number of aryl methyl sites for hydroxylation is 1. The van der Waals surface area contributed by atoms with Crippen molar-refractivity contribution >= 4 is 12.0 Å². The number of ether oxygens (including phenoxy) is 1. The summed E-state index contributed by atoms with van der Waals surface area (Å²) in [5.41, 5.74) is 2.14. The van der Waals surface area contributed by atoms with Crippen molar-refractivity contribution in [1.29, 1.82) is 0 Å². The first kappa shape index (κ1) is 14.5. The molecule has 0 spiro atoms. The van der Waals surface area contributed by atoms with Gasteiger partial charge in [0.15, 0.2) is 0 Å². The van der Waals surface area contributed by atoms with Crippen molar-refractivity contribution in [3.05, 3.63) is 41.9 Å². The lowest BCUT2D eigenvalue weighted by molar-refractivity contribution is 0.211. The predicted octanol–water partition coefficient (Wildman–Crippen LogP) is 4.92. The molecule has 0 aromatic carbocycles. The van der Waals surface area contributed by atoms with Crippen LogP contribution in [0.5, 0.6) is 5.75 Å². The van der Waals surface area contributed by atoms with Gasteiger partial charge < -0.3 is 9.30 Å². The van der Waals surface area contributed by atoms with Crippen molar-refractivity contribution in [1.82, 2.24) is 9.55 Å². The first-order valence-electron chi connectivity index (χ1n) is 8.64. The van der Waals surface area contributed by atoms with Gasteiger partial charge in [0, 0.05) is 36.6 Å². The third-order valence-electron chi connectivity index (χ3n) is 4.99. The Morgan fingerprint density at radius 2 is 2.04 bits per heavy atom. The molecule has 0 radical (unpaired) electrons. The Kier molecular flexibility index (Phi) is 3.90. The molecular weight excluding hydrogens is 286 g/mol. The molecule has 1 unspecified atom stereocenters. The van der Waals surface area contributed by atoms with E-state index in [2.05, 4.69) is 26.8 Å². The van der Waals surface area contributed by atoms with Gasteiger partial charge in [0.05, 0.1) is 5.69 Å². The maximum atomic E-state index is 6.25. The standard InChI is InChI=1S/C19H23N3O/c1-14-17(8-5-11-20-14)23-18-9-12-21-19-16(18)10-13-22(19)15-6-3-2-4-7-15/h5,8,10-13,15,18H,2-4,6-7,9H2,1H3. The van der Waals surface area contributed by atoms with Crippen molar-refractivity contribution in [2.24, 2.45) is 4.99 Å². The zero-order valence-corrected chi connectivity index (χ0v) is 13.6. The Bertz CT molecular complexity index is 713. The van der Waals surface area contributed by atoms with Crippen LogP contribution >= 0.6 is 0 Å². The van der Waals surface area contributed by atoms with Crippen LogP contribution < -0.4 is 4.74 Å². The lowest BCUT2D eigenvalue weighted by Crippen LogP contribution is -2.15. The summed E-state index contributed by atoms with van der Waals surface area (Å²) in [5, 5.41) is 0. The second-order valence-corrected chi connectivity index (χ2v) is 6.53. The zero-order valence-electron chi connectivity index (χ0n) is 13.6. The van der Waals surface area contributed by atoms with Crippen LogP contribution in [0.3, 0.4) is 0 Å². The summed E-state index contributed by atoms with van der Waals surface area (Å²) in [7, 11) is 0. The molecule has 4 heteroatoms. The second-order valence-electron chi connectivity index (χ2n) is 6.53. The second kappa shape index (κ2) is 6.19. The summed E-state index contributed by atoms with van der Waals surface area (Å²) in [5.74, 6) is 1.96. The number of hydrogen-bond donors (Lipinski definition) is 0. The minimum atomic E-state index is 0.0373. The summed E-state index contributed by atoms with van der Waals surface area (Å²) in [6, 6.07) is 6.71. The van der Waals surface area contributed by atoms with Crippen LogP contribution in [-0.4, -0.2) is 15.8 Å². The molecule has 2 aromatic heterocycles. The molecule has 2 aromatic rings. The summed E-state index contributed by atoms with van der Waals surface area (Å²) in [6.07, 6.45) is 13.4. The van der Waals surface area contributed by atoms with E-state index in [9.17, 15) is 0 Å². The van der Waals surface area contributed by atoms with Crippen LogP contribution in [0.2, 0.25) is 0 Å². The first-order valence-corrected chi connectivity index (χ1v) is 8.64. The molecule has 120 valence electrons. The highest BCUT2D eigenvalue weighted by atomic mass is 16.5. The van der Waals surface area contributed by atoms with E-state index in [-0.39, 0.29) is 6.10 Å². The van der Waals surface area contributed by atoms with E-state index in [4.69, 9.17) is 4.74 Å². The van der Waals surface area contributed by atoms with Crippen LogP contribution in [0, 0.1) is 6.92 Å². The average molecular weight is 309 g/mol. The largest absolute Gasteiger partial charge is 0.483 e. The fraction of sp³-hybridized carbons (Fsp3) is 0.474. The van der Waals surface area contributed by atoms with Gasteiger partial charge in [-0.3, -0.25) is 4.98 Å². The molecule has 4 nitrogen and oxygen atoms in total. The van der Waals surface area contributed by atoms with Crippen LogP contribution in [0.15, 0.2) is 35.6 Å². The van der Waals surface area contributed by atoms with Gasteiger partial charge in [-0.1, -0.05) is 19.3 Å². The molecule has 1 atom stereocenters. The van der Waals surface area contributed by atoms with E-state index in [0.717, 1.165) is 23.7 Å². The molecule has 0 amide bonds. The fourth-order valence-electron chi connectivity index (χ4n) is 3.72. The predicted molar refractivity (Wildman–Crippen MR) is 91.7 cm³/mol. The highest BCUT2D eigenvalue weighted by Gasteiger charge is 2.26. The average Bonchev–Trinajstić information content (AvgIpc) is 3.03. The lowest BCUT2D eigenvalue weighted by atomic mass is 9.95. The number of aliphatic imine (C=N–C) groups is 1. The number of fused-ring (bicyclic) bond motifs is 1. The van der Waals surface area contributed by atoms with Gasteiger partial charge in [-0.25, -0.2) is 4.99 Å². The van der Waals surface area contributed by atoms with Crippen molar-refractivity contribution in [3.8, 4) is 5.75 Å². The minimum Gasteiger partial charge on any atom is -0.483 e. The Labute approximate surface area is 137 Å². The SMILES string of the molecule is Cc1ncccc1OC1CC=Nc2c1ccn2C1CCCCC1. The van der Waals surface area contributed by atoms with Gasteiger partial charge in [0.2, 0.25) is 0 Å². The maximum Gasteiger partial charge on any atom is 0.141 e. The third-order valence-corrected chi connectivity index (χ3v) is 4.99. The molecule has 23 heavy (non-hydrogen) atoms. The van der Waals surface area contributed by atoms with E-state index in [1.807, 2.05) is 25.3 Å². The van der Waals surface area contributed by atoms with Gasteiger partial charge in [-0.15, -0.1) is 0 Å². The molecule has 0 bridgehead atoms. The van der Waals surface area contributed by atoms with E-state index < -0.39 is 0 Å². The highest BCUT2D eigenvalue weighted by Crippen LogP contribution is 2.40. The number of aromatic nitrogens is 2. The summed E-state index contributed by atoms with van der Waals surface area (Å²) >= 11 is 0. The molecule has 2 aliphatic rings. The number of pyridine rings is 1. The normalized spacial score (nSPS) is 21.2.